The standard InChI is InChI=1S/C33H40N4O6S2/c1-15-19(5-7-29(38)39)25(34-22(15)11-24-17(3)21(9-10-44)33(43)36-24)13-26-20(6-8-30(40)41)16(2)23(35-26)12-27-31(28-14-45-28)18(4)32(42)37-27/h6,8-10,12-13,18,22,24,28,31-32,34-35,37,42,44H,5,7,11,14H2,1-4H3,(H,36,43)(H,38,39)(H,40,41)/p+1/b8-6-,10-9-,25-13-,27-12-/t18-,22?,24-,28+,31-,32?/m1/s1. The molecule has 10 nitrogen and oxygen atoms in total. The number of thiol groups is 2. The third-order valence-electron chi connectivity index (χ3n) is 9.35. The van der Waals surface area contributed by atoms with Gasteiger partial charge in [0.2, 0.25) is 0 Å². The van der Waals surface area contributed by atoms with E-state index in [1.165, 1.54) is 11.8 Å². The fraction of sp³-hybridized carbons (Fsp3) is 0.424. The van der Waals surface area contributed by atoms with Crippen LogP contribution in [0.4, 0.5) is 0 Å². The Kier molecular flexibility index (Phi) is 9.76. The molecule has 6 atom stereocenters. The zero-order valence-corrected chi connectivity index (χ0v) is 27.5. The average molecular weight is 654 g/mol. The number of aromatic amines is 1. The number of aliphatic hydroxyl groups is 1. The molecule has 1 aromatic rings. The van der Waals surface area contributed by atoms with Crippen molar-refractivity contribution in [3.8, 4) is 0 Å². The van der Waals surface area contributed by atoms with E-state index in [0.29, 0.717) is 34.9 Å². The van der Waals surface area contributed by atoms with Gasteiger partial charge < -0.3 is 36.3 Å². The molecule has 45 heavy (non-hydrogen) atoms. The number of aliphatic hydroxyl groups excluding tert-OH is 1. The highest BCUT2D eigenvalue weighted by Gasteiger charge is 2.51. The molecular weight excluding hydrogens is 613 g/mol. The maximum Gasteiger partial charge on any atom is 0.328 e. The zero-order valence-electron chi connectivity index (χ0n) is 25.7. The number of hydrogen-bond acceptors (Lipinski definition) is 7. The third-order valence-corrected chi connectivity index (χ3v) is 10.6. The molecular formula is C33H41N4O6S2+. The Morgan fingerprint density at radius 2 is 1.73 bits per heavy atom. The number of aromatic nitrogens is 1. The monoisotopic (exact) mass is 653 g/mol. The minimum atomic E-state index is -1.07. The number of carboxylic acids is 2. The van der Waals surface area contributed by atoms with Crippen LogP contribution in [0.1, 0.15) is 62.5 Å². The summed E-state index contributed by atoms with van der Waals surface area (Å²) in [5.41, 5.74) is 8.17. The van der Waals surface area contributed by atoms with Gasteiger partial charge in [-0.3, -0.25) is 9.59 Å². The first kappa shape index (κ1) is 32.8. The molecule has 4 aliphatic heterocycles. The van der Waals surface area contributed by atoms with Gasteiger partial charge in [-0.05, 0) is 97.4 Å². The Morgan fingerprint density at radius 3 is 2.38 bits per heavy atom. The summed E-state index contributed by atoms with van der Waals surface area (Å²) < 4.78 is 0. The molecule has 5 rings (SSSR count). The van der Waals surface area contributed by atoms with E-state index in [2.05, 4.69) is 40.5 Å². The first-order valence-corrected chi connectivity index (χ1v) is 16.7. The van der Waals surface area contributed by atoms with Crippen LogP contribution in [0, 0.1) is 18.8 Å². The lowest BCUT2D eigenvalue weighted by atomic mass is 9.91. The molecule has 2 saturated heterocycles. The molecule has 7 N–H and O–H groups in total. The Hall–Kier alpha value is -3.61. The van der Waals surface area contributed by atoms with Crippen LogP contribution in [0.2, 0.25) is 0 Å². The van der Waals surface area contributed by atoms with Crippen LogP contribution in [0.3, 0.4) is 0 Å². The van der Waals surface area contributed by atoms with Crippen molar-refractivity contribution in [2.45, 2.75) is 70.5 Å². The van der Waals surface area contributed by atoms with E-state index in [1.807, 2.05) is 32.9 Å². The normalized spacial score (nSPS) is 29.9. The minimum Gasteiger partial charge on any atom is -0.481 e. The van der Waals surface area contributed by atoms with Crippen LogP contribution in [0.25, 0.3) is 18.2 Å². The Balaban J connectivity index is 1.52. The lowest BCUT2D eigenvalue weighted by Crippen LogP contribution is -2.36. The number of aliphatic carboxylic acids is 2. The summed E-state index contributed by atoms with van der Waals surface area (Å²) in [7, 11) is 0. The lowest BCUT2D eigenvalue weighted by molar-refractivity contribution is -0.137. The van der Waals surface area contributed by atoms with Crippen molar-refractivity contribution in [2.75, 3.05) is 5.75 Å². The molecule has 0 aromatic carbocycles. The molecule has 5 heterocycles. The van der Waals surface area contributed by atoms with E-state index in [4.69, 9.17) is 0 Å². The maximum atomic E-state index is 12.6. The average Bonchev–Trinajstić information content (AvgIpc) is 3.56. The van der Waals surface area contributed by atoms with Gasteiger partial charge in [-0.1, -0.05) is 6.92 Å². The number of carbonyl (C=O) groups excluding carboxylic acids is 1. The molecule has 0 radical (unpaired) electrons. The van der Waals surface area contributed by atoms with Crippen LogP contribution in [0.15, 0.2) is 51.2 Å². The zero-order chi connectivity index (χ0) is 32.6. The molecule has 12 heteroatoms. The maximum absolute atomic E-state index is 12.6. The topological polar surface area (TPSA) is 164 Å². The van der Waals surface area contributed by atoms with E-state index in [9.17, 15) is 29.7 Å². The predicted octanol–water partition coefficient (Wildman–Crippen LogP) is 3.28. The predicted molar refractivity (Wildman–Crippen MR) is 181 cm³/mol. The lowest BCUT2D eigenvalue weighted by Gasteiger charge is -2.20. The largest absolute Gasteiger partial charge is 0.481 e. The van der Waals surface area contributed by atoms with Crippen molar-refractivity contribution in [2.24, 2.45) is 11.8 Å². The highest BCUT2D eigenvalue weighted by Crippen LogP contribution is 2.40. The summed E-state index contributed by atoms with van der Waals surface area (Å²) in [6.07, 6.45) is 8.50. The van der Waals surface area contributed by atoms with Gasteiger partial charge in [0.05, 0.1) is 12.0 Å². The summed E-state index contributed by atoms with van der Waals surface area (Å²) in [4.78, 5) is 39.1. The van der Waals surface area contributed by atoms with Crippen molar-refractivity contribution in [3.05, 3.63) is 73.8 Å². The summed E-state index contributed by atoms with van der Waals surface area (Å²) in [5.74, 6) is -0.710. The fourth-order valence-electron chi connectivity index (χ4n) is 6.64. The number of amides is 1. The number of rotatable bonds is 11. The van der Waals surface area contributed by atoms with Crippen LogP contribution in [-0.4, -0.2) is 67.5 Å². The molecule has 1 aromatic heterocycles. The first-order chi connectivity index (χ1) is 21.4. The number of nitrogens with one attached hydrogen (secondary N) is 4. The first-order valence-electron chi connectivity index (χ1n) is 15.1. The van der Waals surface area contributed by atoms with Crippen molar-refractivity contribution in [3.63, 3.8) is 0 Å². The van der Waals surface area contributed by atoms with E-state index in [0.717, 1.165) is 51.2 Å². The number of carbonyl (C=O) groups is 3. The molecule has 0 spiro atoms. The summed E-state index contributed by atoms with van der Waals surface area (Å²) in [6.45, 7) is 7.89. The van der Waals surface area contributed by atoms with E-state index in [-0.39, 0.29) is 36.2 Å². The van der Waals surface area contributed by atoms with Gasteiger partial charge in [0, 0.05) is 58.4 Å². The van der Waals surface area contributed by atoms with Crippen molar-refractivity contribution < 1.29 is 29.7 Å². The molecule has 0 aliphatic carbocycles. The Labute approximate surface area is 272 Å². The second-order valence-corrected chi connectivity index (χ2v) is 13.8. The van der Waals surface area contributed by atoms with Crippen molar-refractivity contribution in [1.29, 1.82) is 0 Å². The number of hydrogen-bond donors (Lipinski definition) is 8. The van der Waals surface area contributed by atoms with Gasteiger partial charge in [-0.25, -0.2) is 4.79 Å². The second-order valence-electron chi connectivity index (χ2n) is 12.2. The van der Waals surface area contributed by atoms with E-state index >= 15 is 0 Å². The molecule has 0 saturated carbocycles. The van der Waals surface area contributed by atoms with Crippen LogP contribution in [0.5, 0.6) is 0 Å². The molecule has 2 unspecified atom stereocenters. The van der Waals surface area contributed by atoms with Gasteiger partial charge >= 0.3 is 11.9 Å². The van der Waals surface area contributed by atoms with Crippen LogP contribution < -0.4 is 16.0 Å². The molecule has 240 valence electrons. The summed E-state index contributed by atoms with van der Waals surface area (Å²) in [6, 6.07) is -0.348. The second kappa shape index (κ2) is 13.4. The van der Waals surface area contributed by atoms with Crippen LogP contribution >= 0.6 is 12.6 Å². The highest BCUT2D eigenvalue weighted by atomic mass is 32.2. The summed E-state index contributed by atoms with van der Waals surface area (Å²) >= 11 is 5.50. The van der Waals surface area contributed by atoms with E-state index < -0.39 is 18.2 Å². The number of carboxylic acid groups (broad SMARTS) is 2. The SMILES string of the molecule is CC1=C(CCC(=O)O)/C(=C/c2[nH]c(/C=C3\NC(O)[C@H](C)[C@H]3[C@@H]3C[SH+]3)c(C)c2/C=C\C(=O)O)NC1C[C@H]1NC(=O)C(/C=C\S)=C1C. The minimum absolute atomic E-state index is 0.0463. The van der Waals surface area contributed by atoms with E-state index in [1.54, 1.807) is 17.6 Å². The van der Waals surface area contributed by atoms with Crippen molar-refractivity contribution >= 4 is 60.5 Å². The quantitative estimate of drug-likeness (QED) is 0.0781. The number of allylic oxidation sites excluding steroid dienone is 2. The van der Waals surface area contributed by atoms with Gasteiger partial charge in [-0.15, -0.1) is 0 Å². The molecule has 1 amide bonds. The number of H-pyrrole nitrogens is 1. The van der Waals surface area contributed by atoms with Gasteiger partial charge in [0.15, 0.2) is 11.0 Å². The Morgan fingerprint density at radius 1 is 1.02 bits per heavy atom. The molecule has 0 bridgehead atoms. The van der Waals surface area contributed by atoms with Gasteiger partial charge in [0.1, 0.15) is 6.23 Å². The third kappa shape index (κ3) is 6.97. The smallest absolute Gasteiger partial charge is 0.328 e. The van der Waals surface area contributed by atoms with Crippen LogP contribution in [-0.2, 0) is 26.1 Å². The van der Waals surface area contributed by atoms with Crippen molar-refractivity contribution in [1.82, 2.24) is 20.9 Å². The van der Waals surface area contributed by atoms with Gasteiger partial charge in [0.25, 0.3) is 5.91 Å². The van der Waals surface area contributed by atoms with Gasteiger partial charge in [-0.2, -0.15) is 12.6 Å². The molecule has 2 fully saturated rings. The fourth-order valence-corrected chi connectivity index (χ4v) is 7.80. The Bertz CT molecular complexity index is 1600. The summed E-state index contributed by atoms with van der Waals surface area (Å²) in [5, 5.41) is 41.4. The highest BCUT2D eigenvalue weighted by molar-refractivity contribution is 7.86. The molecule has 4 aliphatic rings.